The van der Waals surface area contributed by atoms with Crippen LogP contribution in [-0.2, 0) is 10.8 Å². The van der Waals surface area contributed by atoms with Gasteiger partial charge >= 0.3 is 0 Å². The van der Waals surface area contributed by atoms with E-state index in [9.17, 15) is 0 Å². The smallest absolute Gasteiger partial charge is 0.159 e. The normalized spacial score (nSPS) is 14.3. The molecule has 12 rings (SSSR count). The van der Waals surface area contributed by atoms with Gasteiger partial charge in [0.1, 0.15) is 5.75 Å². The first-order valence-electron chi connectivity index (χ1n) is 21.3. The van der Waals surface area contributed by atoms with E-state index in [1.807, 2.05) is 0 Å². The van der Waals surface area contributed by atoms with Crippen molar-refractivity contribution in [3.8, 4) is 44.9 Å². The summed E-state index contributed by atoms with van der Waals surface area (Å²) in [6.45, 7) is 9.44. The average molecular weight is 785 g/mol. The van der Waals surface area contributed by atoms with Gasteiger partial charge in [0.05, 0.1) is 5.69 Å². The Morgan fingerprint density at radius 1 is 0.344 bits per heavy atom. The Hall–Kier alpha value is -7.36. The summed E-state index contributed by atoms with van der Waals surface area (Å²) in [6, 6.07) is 70.9. The molecule has 0 saturated carbocycles. The highest BCUT2D eigenvalue weighted by Crippen LogP contribution is 2.57. The molecule has 0 spiro atoms. The minimum atomic E-state index is -0.152. The molecule has 9 aromatic carbocycles. The number of para-hydroxylation sites is 2. The predicted octanol–water partition coefficient (Wildman–Crippen LogP) is 16.2. The van der Waals surface area contributed by atoms with Gasteiger partial charge in [0, 0.05) is 50.2 Å². The highest BCUT2D eigenvalue weighted by atomic mass is 16.5. The summed E-state index contributed by atoms with van der Waals surface area (Å²) in [6.07, 6.45) is 0. The van der Waals surface area contributed by atoms with Crippen LogP contribution in [-0.4, -0.2) is 0 Å². The van der Waals surface area contributed by atoms with Crippen molar-refractivity contribution in [2.45, 2.75) is 38.5 Å². The van der Waals surface area contributed by atoms with E-state index in [2.05, 4.69) is 232 Å². The van der Waals surface area contributed by atoms with E-state index in [0.29, 0.717) is 0 Å². The van der Waals surface area contributed by atoms with Gasteiger partial charge in [-0.1, -0.05) is 149 Å². The molecular weight excluding hydrogens is 741 g/mol. The molecule has 3 nitrogen and oxygen atoms in total. The molecule has 0 atom stereocenters. The van der Waals surface area contributed by atoms with E-state index < -0.39 is 0 Å². The Morgan fingerprint density at radius 3 is 1.43 bits per heavy atom. The van der Waals surface area contributed by atoms with Crippen molar-refractivity contribution < 1.29 is 4.74 Å². The molecular formula is C58H44N2O. The quantitative estimate of drug-likeness (QED) is 0.167. The van der Waals surface area contributed by atoms with Crippen LogP contribution in [0.5, 0.6) is 11.5 Å². The fourth-order valence-electron chi connectivity index (χ4n) is 10.6. The van der Waals surface area contributed by atoms with Gasteiger partial charge in [0.15, 0.2) is 5.75 Å². The van der Waals surface area contributed by atoms with Gasteiger partial charge in [-0.15, -0.1) is 0 Å². The lowest BCUT2D eigenvalue weighted by atomic mass is 9.82. The second-order valence-electron chi connectivity index (χ2n) is 17.7. The molecule has 0 amide bonds. The number of hydrogen-bond donors (Lipinski definition) is 0. The van der Waals surface area contributed by atoms with E-state index in [4.69, 9.17) is 4.74 Å². The third-order valence-electron chi connectivity index (χ3n) is 13.6. The zero-order valence-electron chi connectivity index (χ0n) is 34.8. The topological polar surface area (TPSA) is 15.7 Å². The number of ether oxygens (including phenoxy) is 1. The molecule has 0 saturated heterocycles. The number of fused-ring (bicyclic) bond motifs is 8. The Kier molecular flexibility index (Phi) is 7.62. The van der Waals surface area contributed by atoms with E-state index in [1.165, 1.54) is 44.5 Å². The summed E-state index contributed by atoms with van der Waals surface area (Å²) in [5.41, 5.74) is 19.1. The van der Waals surface area contributed by atoms with Crippen LogP contribution in [0.3, 0.4) is 0 Å². The highest BCUT2D eigenvalue weighted by Gasteiger charge is 2.38. The van der Waals surface area contributed by atoms with Gasteiger partial charge in [-0.25, -0.2) is 0 Å². The SMILES string of the molecule is CC1(C)c2ccccc2-c2ccc(N(c3ccc4c(c3)C(C)(C)c3ccccc3-4)c3ccc4cccc5c4c3Oc3ccc(N(c4ccccc4)c4ccccc4)cc3-5)cc21. The molecule has 0 aromatic heterocycles. The molecule has 1 heterocycles. The van der Waals surface area contributed by atoms with Crippen LogP contribution in [0, 0.1) is 0 Å². The molecule has 0 unspecified atom stereocenters. The molecule has 2 aliphatic carbocycles. The Bertz CT molecular complexity index is 3090. The fraction of sp³-hybridized carbons (Fsp3) is 0.103. The van der Waals surface area contributed by atoms with Crippen LogP contribution < -0.4 is 14.5 Å². The van der Waals surface area contributed by atoms with Crippen molar-refractivity contribution >= 4 is 44.9 Å². The van der Waals surface area contributed by atoms with Gasteiger partial charge in [-0.05, 0) is 128 Å². The van der Waals surface area contributed by atoms with Crippen molar-refractivity contribution in [2.24, 2.45) is 0 Å². The van der Waals surface area contributed by atoms with Crippen LogP contribution in [0.25, 0.3) is 44.2 Å². The lowest BCUT2D eigenvalue weighted by molar-refractivity contribution is 0.488. The molecule has 0 radical (unpaired) electrons. The van der Waals surface area contributed by atoms with Crippen molar-refractivity contribution in [1.82, 2.24) is 0 Å². The summed E-state index contributed by atoms with van der Waals surface area (Å²) >= 11 is 0. The van der Waals surface area contributed by atoms with Gasteiger partial charge < -0.3 is 14.5 Å². The van der Waals surface area contributed by atoms with E-state index in [-0.39, 0.29) is 10.8 Å². The molecule has 61 heavy (non-hydrogen) atoms. The van der Waals surface area contributed by atoms with Crippen LogP contribution in [0.4, 0.5) is 34.1 Å². The molecule has 3 heteroatoms. The summed E-state index contributed by atoms with van der Waals surface area (Å²) in [4.78, 5) is 4.76. The molecule has 292 valence electrons. The molecule has 9 aromatic rings. The zero-order valence-corrected chi connectivity index (χ0v) is 34.8. The van der Waals surface area contributed by atoms with Crippen molar-refractivity contribution in [1.29, 1.82) is 0 Å². The summed E-state index contributed by atoms with van der Waals surface area (Å²) < 4.78 is 7.26. The van der Waals surface area contributed by atoms with Crippen molar-refractivity contribution in [2.75, 3.05) is 9.80 Å². The third kappa shape index (κ3) is 5.23. The average Bonchev–Trinajstić information content (AvgIpc) is 3.67. The number of anilines is 6. The minimum Gasteiger partial charge on any atom is -0.454 e. The van der Waals surface area contributed by atoms with E-state index in [0.717, 1.165) is 67.5 Å². The number of benzene rings is 9. The Labute approximate surface area is 357 Å². The first kappa shape index (κ1) is 35.6. The summed E-state index contributed by atoms with van der Waals surface area (Å²) in [5.74, 6) is 1.70. The largest absolute Gasteiger partial charge is 0.454 e. The number of nitrogens with zero attached hydrogens (tertiary/aromatic N) is 2. The number of rotatable bonds is 6. The Morgan fingerprint density at radius 2 is 0.836 bits per heavy atom. The van der Waals surface area contributed by atoms with E-state index in [1.54, 1.807) is 0 Å². The van der Waals surface area contributed by atoms with Gasteiger partial charge in [-0.2, -0.15) is 0 Å². The predicted molar refractivity (Wildman–Crippen MR) is 254 cm³/mol. The van der Waals surface area contributed by atoms with Crippen molar-refractivity contribution in [3.05, 3.63) is 216 Å². The van der Waals surface area contributed by atoms with Crippen LogP contribution in [0.2, 0.25) is 0 Å². The zero-order chi connectivity index (χ0) is 41.0. The lowest BCUT2D eigenvalue weighted by Gasteiger charge is -2.33. The lowest BCUT2D eigenvalue weighted by Crippen LogP contribution is -2.18. The first-order valence-corrected chi connectivity index (χ1v) is 21.3. The maximum Gasteiger partial charge on any atom is 0.159 e. The van der Waals surface area contributed by atoms with Crippen molar-refractivity contribution in [3.63, 3.8) is 0 Å². The van der Waals surface area contributed by atoms with Crippen LogP contribution in [0.15, 0.2) is 194 Å². The standard InChI is InChI=1S/C58H44N2O/c1-57(2)49-24-13-11-21-43(49)45-30-27-41(35-51(45)57)60(42-28-31-46-44-22-12-14-25-50(44)58(3,4)52(46)36-42)53-32-26-37-16-15-23-47-48-34-40(29-33-54(48)61-56(53)55(37)47)59(38-17-7-5-8-18-38)39-19-9-6-10-20-39/h5-36H,1-4H3. The maximum atomic E-state index is 7.26. The third-order valence-corrected chi connectivity index (χ3v) is 13.6. The fourth-order valence-corrected chi connectivity index (χ4v) is 10.6. The summed E-state index contributed by atoms with van der Waals surface area (Å²) in [7, 11) is 0. The van der Waals surface area contributed by atoms with Gasteiger partial charge in [-0.3, -0.25) is 0 Å². The monoisotopic (exact) mass is 784 g/mol. The van der Waals surface area contributed by atoms with Crippen LogP contribution in [0.1, 0.15) is 49.9 Å². The van der Waals surface area contributed by atoms with Crippen LogP contribution >= 0.6 is 0 Å². The molecule has 3 aliphatic rings. The maximum absolute atomic E-state index is 7.26. The summed E-state index contributed by atoms with van der Waals surface area (Å²) in [5, 5.41) is 2.26. The molecule has 0 bridgehead atoms. The first-order chi connectivity index (χ1) is 29.8. The number of hydrogen-bond acceptors (Lipinski definition) is 3. The van der Waals surface area contributed by atoms with E-state index >= 15 is 0 Å². The second-order valence-corrected chi connectivity index (χ2v) is 17.7. The second kappa shape index (κ2) is 13.1. The Balaban J connectivity index is 1.06. The van der Waals surface area contributed by atoms with Gasteiger partial charge in [0.2, 0.25) is 0 Å². The molecule has 0 fully saturated rings. The minimum absolute atomic E-state index is 0.152. The van der Waals surface area contributed by atoms with Gasteiger partial charge in [0.25, 0.3) is 0 Å². The highest BCUT2D eigenvalue weighted by molar-refractivity contribution is 6.09. The molecule has 1 aliphatic heterocycles. The molecule has 0 N–H and O–H groups in total.